The third-order valence-corrected chi connectivity index (χ3v) is 7.36. The number of aromatic nitrogens is 1. The van der Waals surface area contributed by atoms with E-state index in [2.05, 4.69) is 140 Å². The summed E-state index contributed by atoms with van der Waals surface area (Å²) in [6.45, 7) is 0. The van der Waals surface area contributed by atoms with E-state index >= 15 is 0 Å². The van der Waals surface area contributed by atoms with Gasteiger partial charge in [0.05, 0.1) is 10.7 Å². The zero-order valence-corrected chi connectivity index (χ0v) is 20.3. The second-order valence-electron chi connectivity index (χ2n) is 8.53. The van der Waals surface area contributed by atoms with E-state index < -0.39 is 0 Å². The van der Waals surface area contributed by atoms with E-state index in [1.807, 2.05) is 11.8 Å². The van der Waals surface area contributed by atoms with Crippen molar-refractivity contribution in [3.05, 3.63) is 107 Å². The highest BCUT2D eigenvalue weighted by Gasteiger charge is 2.22. The van der Waals surface area contributed by atoms with Crippen LogP contribution in [-0.2, 0) is 7.05 Å². The molecule has 0 spiro atoms. The van der Waals surface area contributed by atoms with Crippen LogP contribution >= 0.6 is 11.8 Å². The van der Waals surface area contributed by atoms with Gasteiger partial charge in [0.1, 0.15) is 7.05 Å². The van der Waals surface area contributed by atoms with Crippen LogP contribution < -0.4 is 14.4 Å². The summed E-state index contributed by atoms with van der Waals surface area (Å²) in [5.74, 6) is 0. The standard InChI is InChI=1S/C29H28N3S/c1-30(2)24-16-13-21(14-17-24)23(20-29-32(4)27-11-7-8-12-28(27)33-29)19-25-18-15-22-9-5-6-10-26(22)31(25)3/h5-20H,1-4H3/q+1. The van der Waals surface area contributed by atoms with Gasteiger partial charge in [0.15, 0.2) is 0 Å². The Labute approximate surface area is 200 Å². The minimum atomic E-state index is 1.17. The number of benzene rings is 3. The molecule has 0 saturated heterocycles. The normalized spacial score (nSPS) is 14.7. The van der Waals surface area contributed by atoms with Gasteiger partial charge in [-0.2, -0.15) is 4.57 Å². The van der Waals surface area contributed by atoms with Gasteiger partial charge >= 0.3 is 0 Å². The Morgan fingerprint density at radius 2 is 1.61 bits per heavy atom. The summed E-state index contributed by atoms with van der Waals surface area (Å²) in [4.78, 5) is 5.71. The van der Waals surface area contributed by atoms with Gasteiger partial charge in [-0.05, 0) is 53.6 Å². The van der Waals surface area contributed by atoms with E-state index in [4.69, 9.17) is 0 Å². The van der Waals surface area contributed by atoms with Crippen LogP contribution in [0.4, 0.5) is 11.4 Å². The molecule has 0 saturated carbocycles. The Kier molecular flexibility index (Phi) is 5.69. The van der Waals surface area contributed by atoms with Crippen LogP contribution in [0.5, 0.6) is 0 Å². The number of para-hydroxylation sites is 2. The maximum atomic E-state index is 2.31. The molecule has 3 aromatic carbocycles. The number of rotatable bonds is 4. The molecule has 2 heterocycles. The summed E-state index contributed by atoms with van der Waals surface area (Å²) < 4.78 is 2.27. The van der Waals surface area contributed by atoms with Crippen LogP contribution in [0.25, 0.3) is 22.6 Å². The lowest BCUT2D eigenvalue weighted by molar-refractivity contribution is -0.646. The van der Waals surface area contributed by atoms with Crippen LogP contribution in [0.1, 0.15) is 11.3 Å². The zero-order valence-electron chi connectivity index (χ0n) is 19.5. The predicted octanol–water partition coefficient (Wildman–Crippen LogP) is 6.35. The minimum absolute atomic E-state index is 1.17. The molecule has 0 amide bonds. The molecule has 0 fully saturated rings. The molecule has 4 aromatic rings. The van der Waals surface area contributed by atoms with Crippen molar-refractivity contribution in [3.63, 3.8) is 0 Å². The second kappa shape index (κ2) is 8.80. The lowest BCUT2D eigenvalue weighted by Crippen LogP contribution is -2.32. The number of hydrogen-bond acceptors (Lipinski definition) is 3. The first kappa shape index (κ1) is 21.4. The van der Waals surface area contributed by atoms with Crippen LogP contribution in [0.3, 0.4) is 0 Å². The van der Waals surface area contributed by atoms with Crippen LogP contribution in [0, 0.1) is 0 Å². The van der Waals surface area contributed by atoms with Gasteiger partial charge in [-0.15, -0.1) is 0 Å². The summed E-state index contributed by atoms with van der Waals surface area (Å²) in [5.41, 5.74) is 7.23. The number of thioether (sulfide) groups is 1. The molecule has 0 aliphatic carbocycles. The molecule has 3 nitrogen and oxygen atoms in total. The molecule has 33 heavy (non-hydrogen) atoms. The Morgan fingerprint density at radius 1 is 0.879 bits per heavy atom. The fraction of sp³-hybridized carbons (Fsp3) is 0.138. The van der Waals surface area contributed by atoms with Crippen molar-refractivity contribution in [1.82, 2.24) is 0 Å². The monoisotopic (exact) mass is 450 g/mol. The quantitative estimate of drug-likeness (QED) is 0.335. The van der Waals surface area contributed by atoms with Gasteiger partial charge < -0.3 is 9.80 Å². The van der Waals surface area contributed by atoms with Crippen molar-refractivity contribution < 1.29 is 4.57 Å². The SMILES string of the molecule is CN(C)c1ccc(C(=C\c2ccc3ccccc3[n+]2C)/C=C2/Sc3ccccc3N2C)cc1. The van der Waals surface area contributed by atoms with Crippen LogP contribution in [0.15, 0.2) is 101 Å². The molecule has 0 atom stereocenters. The van der Waals surface area contributed by atoms with Gasteiger partial charge in [-0.1, -0.05) is 48.2 Å². The van der Waals surface area contributed by atoms with Gasteiger partial charge in [0, 0.05) is 55.3 Å². The molecule has 0 bridgehead atoms. The molecule has 4 heteroatoms. The number of allylic oxidation sites excluding steroid dienone is 2. The van der Waals surface area contributed by atoms with E-state index in [1.54, 1.807) is 0 Å². The number of fused-ring (bicyclic) bond motifs is 2. The molecule has 0 unspecified atom stereocenters. The molecule has 164 valence electrons. The summed E-state index contributed by atoms with van der Waals surface area (Å²) >= 11 is 1.82. The Morgan fingerprint density at radius 3 is 2.36 bits per heavy atom. The zero-order chi connectivity index (χ0) is 22.9. The lowest BCUT2D eigenvalue weighted by Gasteiger charge is -2.15. The fourth-order valence-electron chi connectivity index (χ4n) is 4.20. The third-order valence-electron chi connectivity index (χ3n) is 6.19. The maximum Gasteiger partial charge on any atom is 0.212 e. The molecule has 0 N–H and O–H groups in total. The second-order valence-corrected chi connectivity index (χ2v) is 9.59. The van der Waals surface area contributed by atoms with Crippen LogP contribution in [-0.4, -0.2) is 21.1 Å². The van der Waals surface area contributed by atoms with E-state index in [9.17, 15) is 0 Å². The van der Waals surface area contributed by atoms with Gasteiger partial charge in [0.25, 0.3) is 0 Å². The molecule has 1 aromatic heterocycles. The molecule has 5 rings (SSSR count). The first-order chi connectivity index (χ1) is 16.0. The van der Waals surface area contributed by atoms with Crippen molar-refractivity contribution >= 4 is 45.7 Å². The highest BCUT2D eigenvalue weighted by atomic mass is 32.2. The topological polar surface area (TPSA) is 10.4 Å². The van der Waals surface area contributed by atoms with Crippen molar-refractivity contribution in [2.45, 2.75) is 4.90 Å². The highest BCUT2D eigenvalue weighted by Crippen LogP contribution is 2.45. The minimum Gasteiger partial charge on any atom is -0.378 e. The molecule has 1 aliphatic heterocycles. The fourth-order valence-corrected chi connectivity index (χ4v) is 5.31. The average Bonchev–Trinajstić information content (AvgIpc) is 3.16. The number of hydrogen-bond donors (Lipinski definition) is 0. The Balaban J connectivity index is 1.63. The first-order valence-corrected chi connectivity index (χ1v) is 11.9. The van der Waals surface area contributed by atoms with Crippen molar-refractivity contribution in [3.8, 4) is 0 Å². The van der Waals surface area contributed by atoms with Gasteiger partial charge in [-0.3, -0.25) is 0 Å². The smallest absolute Gasteiger partial charge is 0.212 e. The molecular formula is C29H28N3S+. The number of anilines is 2. The van der Waals surface area contributed by atoms with Crippen LogP contribution in [0.2, 0.25) is 0 Å². The van der Waals surface area contributed by atoms with E-state index in [1.165, 1.54) is 49.0 Å². The molecule has 0 radical (unpaired) electrons. The molecular weight excluding hydrogens is 422 g/mol. The summed E-state index contributed by atoms with van der Waals surface area (Å²) in [6, 6.07) is 30.3. The number of pyridine rings is 1. The van der Waals surface area contributed by atoms with E-state index in [0.29, 0.717) is 0 Å². The Hall–Kier alpha value is -3.50. The van der Waals surface area contributed by atoms with Crippen molar-refractivity contribution in [1.29, 1.82) is 0 Å². The van der Waals surface area contributed by atoms with E-state index in [-0.39, 0.29) is 0 Å². The van der Waals surface area contributed by atoms with E-state index in [0.717, 1.165) is 0 Å². The van der Waals surface area contributed by atoms with Crippen molar-refractivity contribution in [2.24, 2.45) is 7.05 Å². The lowest BCUT2D eigenvalue weighted by atomic mass is 10.0. The Bertz CT molecular complexity index is 1380. The third kappa shape index (κ3) is 4.14. The number of nitrogens with zero attached hydrogens (tertiary/aromatic N) is 3. The predicted molar refractivity (Wildman–Crippen MR) is 143 cm³/mol. The average molecular weight is 451 g/mol. The summed E-state index contributed by atoms with van der Waals surface area (Å²) in [6.07, 6.45) is 4.60. The van der Waals surface area contributed by atoms with Gasteiger partial charge in [-0.25, -0.2) is 0 Å². The summed E-state index contributed by atoms with van der Waals surface area (Å²) in [5, 5.41) is 2.47. The van der Waals surface area contributed by atoms with Crippen molar-refractivity contribution in [2.75, 3.05) is 30.9 Å². The molecule has 1 aliphatic rings. The maximum absolute atomic E-state index is 2.31. The number of aryl methyl sites for hydroxylation is 1. The largest absolute Gasteiger partial charge is 0.378 e. The summed E-state index contributed by atoms with van der Waals surface area (Å²) in [7, 11) is 8.43. The highest BCUT2D eigenvalue weighted by molar-refractivity contribution is 8.03. The first-order valence-electron chi connectivity index (χ1n) is 11.1. The van der Waals surface area contributed by atoms with Gasteiger partial charge in [0.2, 0.25) is 11.2 Å².